The van der Waals surface area contributed by atoms with Crippen LogP contribution in [0.2, 0.25) is 5.02 Å². The van der Waals surface area contributed by atoms with Gasteiger partial charge in [0.15, 0.2) is 0 Å². The molecule has 0 aliphatic rings. The summed E-state index contributed by atoms with van der Waals surface area (Å²) < 4.78 is 36.7. The normalized spacial score (nSPS) is 14.1. The Hall–Kier alpha value is -0.940. The molecule has 1 aromatic rings. The summed E-state index contributed by atoms with van der Waals surface area (Å²) in [7, 11) is 0. The average Bonchev–Trinajstić information content (AvgIpc) is 2.06. The van der Waals surface area contributed by atoms with Crippen molar-refractivity contribution in [1.82, 2.24) is 0 Å². The van der Waals surface area contributed by atoms with Crippen LogP contribution < -0.4 is 11.5 Å². The van der Waals surface area contributed by atoms with E-state index in [0.29, 0.717) is 0 Å². The SMILES string of the molecule is Nc1ccc(Cl)cc1C(N)C(F)(F)F. The minimum atomic E-state index is -4.52. The fourth-order valence-corrected chi connectivity index (χ4v) is 1.17. The van der Waals surface area contributed by atoms with Crippen LogP contribution in [0.15, 0.2) is 18.2 Å². The number of anilines is 1. The first-order valence-electron chi connectivity index (χ1n) is 3.69. The first-order chi connectivity index (χ1) is 6.32. The van der Waals surface area contributed by atoms with Crippen LogP contribution in [-0.2, 0) is 0 Å². The van der Waals surface area contributed by atoms with E-state index in [2.05, 4.69) is 0 Å². The first-order valence-corrected chi connectivity index (χ1v) is 4.07. The van der Waals surface area contributed by atoms with Crippen molar-refractivity contribution in [3.05, 3.63) is 28.8 Å². The molecule has 1 atom stereocenters. The van der Waals surface area contributed by atoms with Gasteiger partial charge in [-0.25, -0.2) is 0 Å². The summed E-state index contributed by atoms with van der Waals surface area (Å²) >= 11 is 5.53. The van der Waals surface area contributed by atoms with Crippen LogP contribution in [0.5, 0.6) is 0 Å². The molecule has 0 aromatic heterocycles. The third kappa shape index (κ3) is 2.30. The Morgan fingerprint density at radius 3 is 2.36 bits per heavy atom. The van der Waals surface area contributed by atoms with Crippen LogP contribution in [0.4, 0.5) is 18.9 Å². The molecule has 1 aromatic carbocycles. The maximum absolute atomic E-state index is 12.2. The van der Waals surface area contributed by atoms with E-state index in [-0.39, 0.29) is 16.3 Å². The summed E-state index contributed by atoms with van der Waals surface area (Å²) in [4.78, 5) is 0. The van der Waals surface area contributed by atoms with Crippen LogP contribution in [0.3, 0.4) is 0 Å². The van der Waals surface area contributed by atoms with Gasteiger partial charge in [0.2, 0.25) is 0 Å². The molecule has 0 saturated heterocycles. The second-order valence-corrected chi connectivity index (χ2v) is 3.23. The van der Waals surface area contributed by atoms with E-state index in [0.717, 1.165) is 6.07 Å². The number of rotatable bonds is 1. The van der Waals surface area contributed by atoms with Crippen molar-refractivity contribution in [3.8, 4) is 0 Å². The fourth-order valence-electron chi connectivity index (χ4n) is 0.991. The molecule has 0 aliphatic carbocycles. The fraction of sp³-hybridized carbons (Fsp3) is 0.250. The Morgan fingerprint density at radius 2 is 1.86 bits per heavy atom. The lowest BCUT2D eigenvalue weighted by Gasteiger charge is -2.17. The van der Waals surface area contributed by atoms with Gasteiger partial charge < -0.3 is 11.5 Å². The molecule has 1 rings (SSSR count). The Balaban J connectivity index is 3.12. The zero-order chi connectivity index (χ0) is 10.9. The zero-order valence-corrected chi connectivity index (χ0v) is 7.73. The van der Waals surface area contributed by atoms with Gasteiger partial charge in [-0.15, -0.1) is 0 Å². The van der Waals surface area contributed by atoms with Gasteiger partial charge in [-0.3, -0.25) is 0 Å². The minimum absolute atomic E-state index is 0.0146. The summed E-state index contributed by atoms with van der Waals surface area (Å²) in [6.45, 7) is 0. The predicted octanol–water partition coefficient (Wildman–Crippen LogP) is 2.48. The number of alkyl halides is 3. The molecule has 0 radical (unpaired) electrons. The van der Waals surface area contributed by atoms with Crippen LogP contribution in [0.25, 0.3) is 0 Å². The number of nitrogens with two attached hydrogens (primary N) is 2. The summed E-state index contributed by atoms with van der Waals surface area (Å²) in [5.41, 5.74) is 10.1. The smallest absolute Gasteiger partial charge is 0.398 e. The van der Waals surface area contributed by atoms with Crippen molar-refractivity contribution in [1.29, 1.82) is 0 Å². The molecule has 0 heterocycles. The summed E-state index contributed by atoms with van der Waals surface area (Å²) in [5, 5.41) is 0.175. The lowest BCUT2D eigenvalue weighted by molar-refractivity contribution is -0.149. The molecule has 78 valence electrons. The van der Waals surface area contributed by atoms with Gasteiger partial charge in [0, 0.05) is 16.3 Å². The maximum atomic E-state index is 12.2. The van der Waals surface area contributed by atoms with Crippen LogP contribution in [-0.4, -0.2) is 6.18 Å². The van der Waals surface area contributed by atoms with Crippen LogP contribution in [0.1, 0.15) is 11.6 Å². The molecule has 0 fully saturated rings. The molecule has 6 heteroatoms. The van der Waals surface area contributed by atoms with Gasteiger partial charge in [0.25, 0.3) is 0 Å². The molecule has 2 nitrogen and oxygen atoms in total. The Morgan fingerprint density at radius 1 is 1.29 bits per heavy atom. The van der Waals surface area contributed by atoms with E-state index in [9.17, 15) is 13.2 Å². The molecule has 0 amide bonds. The molecule has 4 N–H and O–H groups in total. The molecule has 14 heavy (non-hydrogen) atoms. The number of halogens is 4. The van der Waals surface area contributed by atoms with Gasteiger partial charge in [-0.05, 0) is 18.2 Å². The second kappa shape index (κ2) is 3.67. The van der Waals surface area contributed by atoms with E-state index in [1.807, 2.05) is 0 Å². The Bertz CT molecular complexity index is 338. The molecule has 0 saturated carbocycles. The quantitative estimate of drug-likeness (QED) is 0.720. The first kappa shape index (κ1) is 11.1. The molecular formula is C8H8ClF3N2. The molecular weight excluding hydrogens is 217 g/mol. The topological polar surface area (TPSA) is 52.0 Å². The average molecular weight is 225 g/mol. The van der Waals surface area contributed by atoms with Crippen molar-refractivity contribution in [2.45, 2.75) is 12.2 Å². The van der Waals surface area contributed by atoms with Gasteiger partial charge in [0.05, 0.1) is 0 Å². The number of hydrogen-bond donors (Lipinski definition) is 2. The van der Waals surface area contributed by atoms with E-state index in [1.54, 1.807) is 0 Å². The summed E-state index contributed by atoms with van der Waals surface area (Å²) in [5.74, 6) is 0. The number of nitrogen functional groups attached to an aromatic ring is 1. The van der Waals surface area contributed by atoms with Crippen molar-refractivity contribution in [2.75, 3.05) is 5.73 Å². The van der Waals surface area contributed by atoms with Gasteiger partial charge in [-0.2, -0.15) is 13.2 Å². The highest BCUT2D eigenvalue weighted by atomic mass is 35.5. The summed E-state index contributed by atoms with van der Waals surface area (Å²) in [6, 6.07) is 1.73. The predicted molar refractivity (Wildman–Crippen MR) is 48.8 cm³/mol. The Labute approximate surface area is 83.6 Å². The standard InChI is InChI=1S/C8H8ClF3N2/c9-4-1-2-6(13)5(3-4)7(14)8(10,11)12/h1-3,7H,13-14H2. The maximum Gasteiger partial charge on any atom is 0.407 e. The monoisotopic (exact) mass is 224 g/mol. The molecule has 0 bridgehead atoms. The van der Waals surface area contributed by atoms with Crippen molar-refractivity contribution < 1.29 is 13.2 Å². The molecule has 1 unspecified atom stereocenters. The van der Waals surface area contributed by atoms with Crippen LogP contribution >= 0.6 is 11.6 Å². The van der Waals surface area contributed by atoms with Crippen molar-refractivity contribution >= 4 is 17.3 Å². The molecule has 0 spiro atoms. The van der Waals surface area contributed by atoms with Gasteiger partial charge in [0.1, 0.15) is 6.04 Å². The van der Waals surface area contributed by atoms with Crippen LogP contribution in [0, 0.1) is 0 Å². The van der Waals surface area contributed by atoms with Gasteiger partial charge >= 0.3 is 6.18 Å². The number of benzene rings is 1. The third-order valence-electron chi connectivity index (χ3n) is 1.74. The highest BCUT2D eigenvalue weighted by molar-refractivity contribution is 6.30. The minimum Gasteiger partial charge on any atom is -0.398 e. The van der Waals surface area contributed by atoms with E-state index in [1.165, 1.54) is 12.1 Å². The molecule has 0 aliphatic heterocycles. The van der Waals surface area contributed by atoms with Crippen molar-refractivity contribution in [2.24, 2.45) is 5.73 Å². The Kier molecular flexibility index (Phi) is 2.92. The van der Waals surface area contributed by atoms with E-state index >= 15 is 0 Å². The van der Waals surface area contributed by atoms with E-state index < -0.39 is 12.2 Å². The summed E-state index contributed by atoms with van der Waals surface area (Å²) in [6.07, 6.45) is -4.52. The third-order valence-corrected chi connectivity index (χ3v) is 1.97. The lowest BCUT2D eigenvalue weighted by Crippen LogP contribution is -2.29. The second-order valence-electron chi connectivity index (χ2n) is 2.79. The highest BCUT2D eigenvalue weighted by Crippen LogP contribution is 2.34. The van der Waals surface area contributed by atoms with E-state index in [4.69, 9.17) is 23.1 Å². The van der Waals surface area contributed by atoms with Crippen molar-refractivity contribution in [3.63, 3.8) is 0 Å². The highest BCUT2D eigenvalue weighted by Gasteiger charge is 2.38. The van der Waals surface area contributed by atoms with Gasteiger partial charge in [-0.1, -0.05) is 11.6 Å². The largest absolute Gasteiger partial charge is 0.407 e. The lowest BCUT2D eigenvalue weighted by atomic mass is 10.1. The number of hydrogen-bond acceptors (Lipinski definition) is 2. The zero-order valence-electron chi connectivity index (χ0n) is 6.98.